The van der Waals surface area contributed by atoms with Crippen molar-refractivity contribution in [3.8, 4) is 0 Å². The fraction of sp³-hybridized carbons (Fsp3) is 0.733. The van der Waals surface area contributed by atoms with Crippen molar-refractivity contribution < 1.29 is 8.42 Å². The molecule has 0 aliphatic heterocycles. The van der Waals surface area contributed by atoms with Gasteiger partial charge in [0.05, 0.1) is 4.90 Å². The van der Waals surface area contributed by atoms with Crippen LogP contribution < -0.4 is 10.0 Å². The number of aromatic amines is 1. The van der Waals surface area contributed by atoms with Gasteiger partial charge in [-0.25, -0.2) is 13.1 Å². The van der Waals surface area contributed by atoms with Gasteiger partial charge in [-0.1, -0.05) is 27.7 Å². The first-order valence-electron chi connectivity index (χ1n) is 7.61. The average molecular weight is 313 g/mol. The summed E-state index contributed by atoms with van der Waals surface area (Å²) in [6, 6.07) is 2.13. The van der Waals surface area contributed by atoms with E-state index < -0.39 is 10.0 Å². The lowest BCUT2D eigenvalue weighted by molar-refractivity contribution is 0.372. The lowest BCUT2D eigenvalue weighted by atomic mass is 9.92. The number of aromatic nitrogens is 1. The molecule has 0 bridgehead atoms. The SMILES string of the molecule is CC(C)NCc1cc(S(=O)(=O)NC2CCC(C)(C)C2)c[nH]1. The molecule has 0 saturated heterocycles. The minimum absolute atomic E-state index is 0.0529. The molecular formula is C15H27N3O2S. The molecule has 3 N–H and O–H groups in total. The molecule has 120 valence electrons. The average Bonchev–Trinajstić information content (AvgIpc) is 2.93. The summed E-state index contributed by atoms with van der Waals surface area (Å²) in [6.07, 6.45) is 4.45. The van der Waals surface area contributed by atoms with Gasteiger partial charge in [-0.3, -0.25) is 0 Å². The lowest BCUT2D eigenvalue weighted by Crippen LogP contribution is -2.33. The first-order valence-corrected chi connectivity index (χ1v) is 9.09. The Kier molecular flexibility index (Phi) is 4.80. The van der Waals surface area contributed by atoms with Crippen LogP contribution in [0.5, 0.6) is 0 Å². The van der Waals surface area contributed by atoms with Crippen LogP contribution in [0.15, 0.2) is 17.2 Å². The highest BCUT2D eigenvalue weighted by Gasteiger charge is 2.33. The van der Waals surface area contributed by atoms with Crippen molar-refractivity contribution in [2.75, 3.05) is 0 Å². The maximum atomic E-state index is 12.4. The van der Waals surface area contributed by atoms with E-state index in [1.807, 2.05) is 0 Å². The molecule has 1 fully saturated rings. The number of H-pyrrole nitrogens is 1. The van der Waals surface area contributed by atoms with Crippen LogP contribution in [0, 0.1) is 5.41 Å². The van der Waals surface area contributed by atoms with E-state index in [0.29, 0.717) is 17.5 Å². The molecule has 0 radical (unpaired) electrons. The molecule has 0 aromatic carbocycles. The quantitative estimate of drug-likeness (QED) is 0.755. The van der Waals surface area contributed by atoms with E-state index in [9.17, 15) is 8.42 Å². The summed E-state index contributed by atoms with van der Waals surface area (Å²) < 4.78 is 27.6. The van der Waals surface area contributed by atoms with Gasteiger partial charge in [0.15, 0.2) is 0 Å². The number of nitrogens with one attached hydrogen (secondary N) is 3. The Morgan fingerprint density at radius 2 is 2.14 bits per heavy atom. The molecule has 1 heterocycles. The summed E-state index contributed by atoms with van der Waals surface area (Å²) >= 11 is 0. The van der Waals surface area contributed by atoms with E-state index in [-0.39, 0.29) is 11.5 Å². The minimum atomic E-state index is -3.42. The third kappa shape index (κ3) is 4.56. The molecule has 2 rings (SSSR count). The molecule has 0 amide bonds. The minimum Gasteiger partial charge on any atom is -0.363 e. The van der Waals surface area contributed by atoms with Crippen LogP contribution in [-0.4, -0.2) is 25.5 Å². The Bertz CT molecular complexity index is 575. The van der Waals surface area contributed by atoms with E-state index in [4.69, 9.17) is 0 Å². The fourth-order valence-corrected chi connectivity index (χ4v) is 4.10. The van der Waals surface area contributed by atoms with Gasteiger partial charge in [-0.15, -0.1) is 0 Å². The molecule has 1 unspecified atom stereocenters. The van der Waals surface area contributed by atoms with Crippen LogP contribution in [0.3, 0.4) is 0 Å². The Morgan fingerprint density at radius 3 is 2.71 bits per heavy atom. The number of hydrogen-bond acceptors (Lipinski definition) is 3. The number of sulfonamides is 1. The highest BCUT2D eigenvalue weighted by atomic mass is 32.2. The van der Waals surface area contributed by atoms with Crippen molar-refractivity contribution in [1.29, 1.82) is 0 Å². The summed E-state index contributed by atoms with van der Waals surface area (Å²) in [7, 11) is -3.42. The van der Waals surface area contributed by atoms with Crippen LogP contribution in [-0.2, 0) is 16.6 Å². The third-order valence-electron chi connectivity index (χ3n) is 4.02. The molecule has 21 heavy (non-hydrogen) atoms. The molecule has 1 aliphatic rings. The predicted molar refractivity (Wildman–Crippen MR) is 84.5 cm³/mol. The van der Waals surface area contributed by atoms with Crippen LogP contribution in [0.4, 0.5) is 0 Å². The molecule has 1 saturated carbocycles. The van der Waals surface area contributed by atoms with Crippen molar-refractivity contribution in [1.82, 2.24) is 15.0 Å². The predicted octanol–water partition coefficient (Wildman–Crippen LogP) is 2.37. The van der Waals surface area contributed by atoms with Crippen LogP contribution in [0.1, 0.15) is 52.7 Å². The van der Waals surface area contributed by atoms with E-state index >= 15 is 0 Å². The number of hydrogen-bond donors (Lipinski definition) is 3. The Hall–Kier alpha value is -0.850. The summed E-state index contributed by atoms with van der Waals surface area (Å²) in [5.41, 5.74) is 1.12. The summed E-state index contributed by atoms with van der Waals surface area (Å²) in [5.74, 6) is 0. The zero-order valence-corrected chi connectivity index (χ0v) is 14.2. The molecule has 1 atom stereocenters. The largest absolute Gasteiger partial charge is 0.363 e. The van der Waals surface area contributed by atoms with Gasteiger partial charge in [-0.05, 0) is 30.7 Å². The van der Waals surface area contributed by atoms with Crippen molar-refractivity contribution in [2.24, 2.45) is 5.41 Å². The second kappa shape index (κ2) is 6.10. The molecule has 6 heteroatoms. The third-order valence-corrected chi connectivity index (χ3v) is 5.52. The fourth-order valence-electron chi connectivity index (χ4n) is 2.81. The Morgan fingerprint density at radius 1 is 1.43 bits per heavy atom. The Labute approximate surface area is 128 Å². The number of rotatable bonds is 6. The standard InChI is InChI=1S/C15H27N3O2S/c1-11(2)16-9-13-7-14(10-17-13)21(19,20)18-12-5-6-15(3,4)8-12/h7,10-12,16-18H,5-6,8-9H2,1-4H3. The van der Waals surface area contributed by atoms with Crippen LogP contribution in [0.2, 0.25) is 0 Å². The van der Waals surface area contributed by atoms with Gasteiger partial charge >= 0.3 is 0 Å². The highest BCUT2D eigenvalue weighted by Crippen LogP contribution is 2.37. The van der Waals surface area contributed by atoms with Gasteiger partial charge in [-0.2, -0.15) is 0 Å². The van der Waals surface area contributed by atoms with Crippen molar-refractivity contribution in [2.45, 2.75) is 70.5 Å². The zero-order valence-electron chi connectivity index (χ0n) is 13.4. The van der Waals surface area contributed by atoms with Crippen LogP contribution in [0.25, 0.3) is 0 Å². The van der Waals surface area contributed by atoms with Gasteiger partial charge in [0, 0.05) is 30.5 Å². The zero-order chi connectivity index (χ0) is 15.7. The Balaban J connectivity index is 2.00. The van der Waals surface area contributed by atoms with Gasteiger partial charge < -0.3 is 10.3 Å². The van der Waals surface area contributed by atoms with E-state index in [1.165, 1.54) is 0 Å². The molecule has 1 aromatic heterocycles. The molecular weight excluding hydrogens is 286 g/mol. The van der Waals surface area contributed by atoms with E-state index in [1.54, 1.807) is 12.3 Å². The summed E-state index contributed by atoms with van der Waals surface area (Å²) in [5, 5.41) is 3.26. The van der Waals surface area contributed by atoms with Crippen molar-refractivity contribution >= 4 is 10.0 Å². The van der Waals surface area contributed by atoms with Gasteiger partial charge in [0.25, 0.3) is 0 Å². The first-order chi connectivity index (χ1) is 9.68. The maximum Gasteiger partial charge on any atom is 0.242 e. The second-order valence-electron chi connectivity index (χ2n) is 7.12. The highest BCUT2D eigenvalue weighted by molar-refractivity contribution is 7.89. The van der Waals surface area contributed by atoms with Gasteiger partial charge in [0.2, 0.25) is 10.0 Å². The van der Waals surface area contributed by atoms with E-state index in [2.05, 4.69) is 42.7 Å². The van der Waals surface area contributed by atoms with Crippen LogP contribution >= 0.6 is 0 Å². The second-order valence-corrected chi connectivity index (χ2v) is 8.84. The van der Waals surface area contributed by atoms with Crippen molar-refractivity contribution in [3.05, 3.63) is 18.0 Å². The first kappa shape index (κ1) is 16.5. The monoisotopic (exact) mass is 313 g/mol. The lowest BCUT2D eigenvalue weighted by Gasteiger charge is -2.17. The molecule has 0 spiro atoms. The molecule has 5 nitrogen and oxygen atoms in total. The molecule has 1 aliphatic carbocycles. The van der Waals surface area contributed by atoms with E-state index in [0.717, 1.165) is 25.0 Å². The maximum absolute atomic E-state index is 12.4. The smallest absolute Gasteiger partial charge is 0.242 e. The normalized spacial score (nSPS) is 22.0. The molecule has 1 aromatic rings. The summed E-state index contributed by atoms with van der Waals surface area (Å²) in [4.78, 5) is 3.35. The van der Waals surface area contributed by atoms with Gasteiger partial charge in [0.1, 0.15) is 0 Å². The van der Waals surface area contributed by atoms with Crippen molar-refractivity contribution in [3.63, 3.8) is 0 Å². The summed E-state index contributed by atoms with van der Waals surface area (Å²) in [6.45, 7) is 9.14. The topological polar surface area (TPSA) is 74.0 Å².